The number of halogens is 1. The summed E-state index contributed by atoms with van der Waals surface area (Å²) in [6.45, 7) is 6.91. The summed E-state index contributed by atoms with van der Waals surface area (Å²) in [7, 11) is -3.62. The number of rotatable bonds is 5. The van der Waals surface area contributed by atoms with E-state index in [1.54, 1.807) is 12.1 Å². The molecule has 6 nitrogen and oxygen atoms in total. The fourth-order valence-electron chi connectivity index (χ4n) is 3.87. The van der Waals surface area contributed by atoms with E-state index in [2.05, 4.69) is 16.7 Å². The summed E-state index contributed by atoms with van der Waals surface area (Å²) < 4.78 is 25.8. The van der Waals surface area contributed by atoms with Gasteiger partial charge in [0.15, 0.2) is 9.84 Å². The molecule has 3 rings (SSSR count). The van der Waals surface area contributed by atoms with Crippen molar-refractivity contribution in [3.63, 3.8) is 0 Å². The Hall–Kier alpha value is -1.31. The van der Waals surface area contributed by atoms with Crippen LogP contribution in [0.3, 0.4) is 0 Å². The fourth-order valence-corrected chi connectivity index (χ4v) is 6.24. The average Bonchev–Trinajstić information content (AvgIpc) is 3.13. The summed E-state index contributed by atoms with van der Waals surface area (Å²) in [6, 6.07) is 5.11. The number of benzene rings is 1. The minimum atomic E-state index is -3.62. The van der Waals surface area contributed by atoms with E-state index >= 15 is 0 Å². The Morgan fingerprint density at radius 3 is 2.46 bits per heavy atom. The molecule has 144 valence electrons. The Bertz CT molecular complexity index is 775. The van der Waals surface area contributed by atoms with Gasteiger partial charge in [0, 0.05) is 31.9 Å². The van der Waals surface area contributed by atoms with Crippen molar-refractivity contribution in [1.29, 1.82) is 0 Å². The maximum absolute atomic E-state index is 12.9. The van der Waals surface area contributed by atoms with Crippen LogP contribution in [0.5, 0.6) is 0 Å². The zero-order valence-corrected chi connectivity index (χ0v) is 16.5. The first kappa shape index (κ1) is 19.5. The van der Waals surface area contributed by atoms with Crippen molar-refractivity contribution >= 4 is 33.1 Å². The molecule has 1 aromatic rings. The number of sulfone groups is 1. The number of nitrogens with zero attached hydrogens (tertiary/aromatic N) is 2. The second-order valence-corrected chi connectivity index (χ2v) is 9.65. The van der Waals surface area contributed by atoms with Crippen molar-refractivity contribution in [3.8, 4) is 0 Å². The molecule has 2 aliphatic rings. The first-order valence-corrected chi connectivity index (χ1v) is 11.0. The summed E-state index contributed by atoms with van der Waals surface area (Å²) >= 11 is 6.33. The minimum absolute atomic E-state index is 0.117. The van der Waals surface area contributed by atoms with Crippen molar-refractivity contribution in [2.24, 2.45) is 5.92 Å². The van der Waals surface area contributed by atoms with Gasteiger partial charge >= 0.3 is 5.97 Å². The molecule has 0 radical (unpaired) electrons. The van der Waals surface area contributed by atoms with Crippen molar-refractivity contribution in [1.82, 2.24) is 4.90 Å². The van der Waals surface area contributed by atoms with Gasteiger partial charge in [-0.25, -0.2) is 8.42 Å². The van der Waals surface area contributed by atoms with Crippen molar-refractivity contribution in [2.75, 3.05) is 37.6 Å². The Labute approximate surface area is 159 Å². The van der Waals surface area contributed by atoms with Crippen molar-refractivity contribution in [3.05, 3.63) is 23.2 Å². The lowest BCUT2D eigenvalue weighted by molar-refractivity contribution is -0.141. The third kappa shape index (κ3) is 3.85. The summed E-state index contributed by atoms with van der Waals surface area (Å²) in [4.78, 5) is 15.8. The highest BCUT2D eigenvalue weighted by molar-refractivity contribution is 7.92. The molecule has 1 saturated carbocycles. The van der Waals surface area contributed by atoms with E-state index < -0.39 is 27.0 Å². The number of piperazine rings is 1. The molecule has 0 unspecified atom stereocenters. The van der Waals surface area contributed by atoms with Crippen LogP contribution >= 0.6 is 11.6 Å². The standard InChI is InChI=1S/C18H25ClN2O4S/c1-2-20-7-9-21(10-8-20)14-4-6-17(16(19)12-14)26(24,25)15-5-3-13(11-15)18(22)23/h4,6,12-13,15H,2-3,5,7-11H2,1H3,(H,22,23)/t13-,15-/m0/s1. The van der Waals surface area contributed by atoms with Gasteiger partial charge in [-0.2, -0.15) is 0 Å². The van der Waals surface area contributed by atoms with E-state index in [0.29, 0.717) is 12.8 Å². The average molecular weight is 401 g/mol. The third-order valence-electron chi connectivity index (χ3n) is 5.58. The predicted octanol–water partition coefficient (Wildman–Crippen LogP) is 2.51. The number of carboxylic acid groups (broad SMARTS) is 1. The molecule has 8 heteroatoms. The zero-order chi connectivity index (χ0) is 18.9. The molecule has 0 bridgehead atoms. The first-order valence-electron chi connectivity index (χ1n) is 9.06. The van der Waals surface area contributed by atoms with Gasteiger partial charge in [-0.3, -0.25) is 4.79 Å². The first-order chi connectivity index (χ1) is 12.3. The van der Waals surface area contributed by atoms with Crippen LogP contribution in [0.2, 0.25) is 5.02 Å². The normalized spacial score (nSPS) is 24.8. The highest BCUT2D eigenvalue weighted by atomic mass is 35.5. The van der Waals surface area contributed by atoms with Crippen LogP contribution in [-0.4, -0.2) is 62.4 Å². The van der Waals surface area contributed by atoms with Crippen LogP contribution in [0.15, 0.2) is 23.1 Å². The van der Waals surface area contributed by atoms with E-state index in [1.807, 2.05) is 6.07 Å². The largest absolute Gasteiger partial charge is 0.481 e. The highest BCUT2D eigenvalue weighted by Crippen LogP contribution is 2.37. The summed E-state index contributed by atoms with van der Waals surface area (Å²) in [6.07, 6.45) is 0.932. The maximum Gasteiger partial charge on any atom is 0.306 e. The molecule has 0 amide bonds. The smallest absolute Gasteiger partial charge is 0.306 e. The monoisotopic (exact) mass is 400 g/mol. The van der Waals surface area contributed by atoms with Gasteiger partial charge in [0.25, 0.3) is 0 Å². The molecule has 1 aromatic carbocycles. The number of aliphatic carboxylic acids is 1. The van der Waals surface area contributed by atoms with Crippen LogP contribution in [0.4, 0.5) is 5.69 Å². The summed E-state index contributed by atoms with van der Waals surface area (Å²) in [5.74, 6) is -1.50. The van der Waals surface area contributed by atoms with Gasteiger partial charge in [0.1, 0.15) is 0 Å². The number of hydrogen-bond donors (Lipinski definition) is 1. The Morgan fingerprint density at radius 2 is 1.92 bits per heavy atom. The van der Waals surface area contributed by atoms with Gasteiger partial charge in [-0.05, 0) is 44.0 Å². The Morgan fingerprint density at radius 1 is 1.23 bits per heavy atom. The lowest BCUT2D eigenvalue weighted by Gasteiger charge is -2.35. The van der Waals surface area contributed by atoms with E-state index in [9.17, 15) is 13.2 Å². The molecule has 1 saturated heterocycles. The van der Waals surface area contributed by atoms with E-state index in [1.165, 1.54) is 0 Å². The second kappa shape index (κ2) is 7.74. The lowest BCUT2D eigenvalue weighted by atomic mass is 10.1. The predicted molar refractivity (Wildman–Crippen MR) is 102 cm³/mol. The van der Waals surface area contributed by atoms with Crippen LogP contribution in [0.1, 0.15) is 26.2 Å². The number of hydrogen-bond acceptors (Lipinski definition) is 5. The molecule has 0 aromatic heterocycles. The van der Waals surface area contributed by atoms with Gasteiger partial charge in [0.2, 0.25) is 0 Å². The zero-order valence-electron chi connectivity index (χ0n) is 14.9. The summed E-state index contributed by atoms with van der Waals surface area (Å²) in [5, 5.41) is 8.66. The minimum Gasteiger partial charge on any atom is -0.481 e. The SMILES string of the molecule is CCN1CCN(c2ccc(S(=O)(=O)[C@H]3CC[C@H](C(=O)O)C3)c(Cl)c2)CC1. The second-order valence-electron chi connectivity index (χ2n) is 7.05. The fraction of sp³-hybridized carbons (Fsp3) is 0.611. The van der Waals surface area contributed by atoms with Crippen LogP contribution in [0, 0.1) is 5.92 Å². The molecule has 1 N–H and O–H groups in total. The van der Waals surface area contributed by atoms with Crippen molar-refractivity contribution in [2.45, 2.75) is 36.3 Å². The Balaban J connectivity index is 1.76. The van der Waals surface area contributed by atoms with E-state index in [0.717, 1.165) is 38.4 Å². The Kier molecular flexibility index (Phi) is 5.79. The molecular weight excluding hydrogens is 376 g/mol. The molecule has 26 heavy (non-hydrogen) atoms. The highest BCUT2D eigenvalue weighted by Gasteiger charge is 2.39. The van der Waals surface area contributed by atoms with Gasteiger partial charge in [-0.15, -0.1) is 0 Å². The molecular formula is C18H25ClN2O4S. The number of anilines is 1. The molecule has 2 fully saturated rings. The third-order valence-corrected chi connectivity index (χ3v) is 8.28. The number of carboxylic acids is 1. The molecule has 2 atom stereocenters. The van der Waals surface area contributed by atoms with Gasteiger partial charge < -0.3 is 14.9 Å². The van der Waals surface area contributed by atoms with Crippen molar-refractivity contribution < 1.29 is 18.3 Å². The molecule has 1 aliphatic heterocycles. The number of likely N-dealkylation sites (N-methyl/N-ethyl adjacent to an activating group) is 1. The quantitative estimate of drug-likeness (QED) is 0.818. The van der Waals surface area contributed by atoms with Gasteiger partial charge in [0.05, 0.1) is 21.1 Å². The topological polar surface area (TPSA) is 77.9 Å². The van der Waals surface area contributed by atoms with Gasteiger partial charge in [-0.1, -0.05) is 18.5 Å². The lowest BCUT2D eigenvalue weighted by Crippen LogP contribution is -2.46. The van der Waals surface area contributed by atoms with Crippen LogP contribution in [0.25, 0.3) is 0 Å². The number of carbonyl (C=O) groups is 1. The molecule has 0 spiro atoms. The maximum atomic E-state index is 12.9. The van der Waals surface area contributed by atoms with E-state index in [-0.39, 0.29) is 16.3 Å². The van der Waals surface area contributed by atoms with Crippen LogP contribution in [-0.2, 0) is 14.6 Å². The molecule has 1 aliphatic carbocycles. The van der Waals surface area contributed by atoms with Crippen LogP contribution < -0.4 is 4.90 Å². The van der Waals surface area contributed by atoms with E-state index in [4.69, 9.17) is 16.7 Å². The summed E-state index contributed by atoms with van der Waals surface area (Å²) in [5.41, 5.74) is 0.930. The molecule has 1 heterocycles.